The Bertz CT molecular complexity index is 544. The molecule has 1 heterocycles. The molecule has 0 unspecified atom stereocenters. The summed E-state index contributed by atoms with van der Waals surface area (Å²) < 4.78 is 5.87. The molecule has 1 aliphatic heterocycles. The van der Waals surface area contributed by atoms with Gasteiger partial charge in [-0.25, -0.2) is 4.79 Å². The summed E-state index contributed by atoms with van der Waals surface area (Å²) in [4.78, 5) is 27.6. The van der Waals surface area contributed by atoms with Crippen LogP contribution in [0.1, 0.15) is 17.3 Å². The first-order valence-electron chi connectivity index (χ1n) is 6.56. The van der Waals surface area contributed by atoms with Crippen LogP contribution in [0.25, 0.3) is 0 Å². The average Bonchev–Trinajstić information content (AvgIpc) is 2.99. The van der Waals surface area contributed by atoms with Crippen molar-refractivity contribution in [2.75, 3.05) is 30.0 Å². The number of hydrogen-bond donors (Lipinski definition) is 1. The standard InChI is InChI=1S/C14H16N2O3S2/c1-2-19-13(18)10-3-5-11(6-4-10)16-12(17)9-21-14-15-7-8-20-14/h3-6H,2,7-9H2,1H3,(H,16,17). The SMILES string of the molecule is CCOC(=O)c1ccc(NC(=O)CSC2=NCCS2)cc1. The second-order valence-electron chi connectivity index (χ2n) is 4.13. The van der Waals surface area contributed by atoms with Crippen molar-refractivity contribution in [2.24, 2.45) is 4.99 Å². The molecule has 2 rings (SSSR count). The predicted molar refractivity (Wildman–Crippen MR) is 88.2 cm³/mol. The van der Waals surface area contributed by atoms with Crippen molar-refractivity contribution in [2.45, 2.75) is 6.92 Å². The Balaban J connectivity index is 1.82. The zero-order valence-corrected chi connectivity index (χ0v) is 13.3. The highest BCUT2D eigenvalue weighted by atomic mass is 32.2. The molecule has 0 bridgehead atoms. The third-order valence-electron chi connectivity index (χ3n) is 2.56. The van der Waals surface area contributed by atoms with Crippen molar-refractivity contribution < 1.29 is 14.3 Å². The monoisotopic (exact) mass is 324 g/mol. The van der Waals surface area contributed by atoms with E-state index in [1.807, 2.05) is 0 Å². The van der Waals surface area contributed by atoms with Crippen molar-refractivity contribution in [3.8, 4) is 0 Å². The number of amides is 1. The van der Waals surface area contributed by atoms with Gasteiger partial charge in [0, 0.05) is 11.4 Å². The molecule has 0 radical (unpaired) electrons. The van der Waals surface area contributed by atoms with Crippen molar-refractivity contribution in [1.29, 1.82) is 0 Å². The highest BCUT2D eigenvalue weighted by molar-refractivity contribution is 8.39. The maximum atomic E-state index is 11.8. The van der Waals surface area contributed by atoms with E-state index in [2.05, 4.69) is 10.3 Å². The number of hydrogen-bond acceptors (Lipinski definition) is 6. The topological polar surface area (TPSA) is 67.8 Å². The van der Waals surface area contributed by atoms with Crippen LogP contribution in [0.3, 0.4) is 0 Å². The number of nitrogens with one attached hydrogen (secondary N) is 1. The third kappa shape index (κ3) is 5.09. The molecule has 0 saturated heterocycles. The molecule has 0 aliphatic carbocycles. The molecule has 1 amide bonds. The molecule has 1 aromatic rings. The highest BCUT2D eigenvalue weighted by Crippen LogP contribution is 2.22. The zero-order valence-electron chi connectivity index (χ0n) is 11.6. The van der Waals surface area contributed by atoms with Gasteiger partial charge in [-0.3, -0.25) is 9.79 Å². The van der Waals surface area contributed by atoms with Gasteiger partial charge in [-0.1, -0.05) is 23.5 Å². The Morgan fingerprint density at radius 1 is 1.38 bits per heavy atom. The van der Waals surface area contributed by atoms with E-state index in [9.17, 15) is 9.59 Å². The quantitative estimate of drug-likeness (QED) is 0.843. The minimum Gasteiger partial charge on any atom is -0.462 e. The largest absolute Gasteiger partial charge is 0.462 e. The third-order valence-corrected chi connectivity index (χ3v) is 4.82. The fourth-order valence-corrected chi connectivity index (χ4v) is 3.44. The lowest BCUT2D eigenvalue weighted by atomic mass is 10.2. The molecule has 0 fully saturated rings. The van der Waals surface area contributed by atoms with Crippen LogP contribution < -0.4 is 5.32 Å². The summed E-state index contributed by atoms with van der Waals surface area (Å²) >= 11 is 3.13. The van der Waals surface area contributed by atoms with Gasteiger partial charge in [-0.15, -0.1) is 0 Å². The molecule has 0 atom stereocenters. The van der Waals surface area contributed by atoms with Crippen LogP contribution in [0.2, 0.25) is 0 Å². The van der Waals surface area contributed by atoms with E-state index >= 15 is 0 Å². The molecular formula is C14H16N2O3S2. The minimum absolute atomic E-state index is 0.0842. The van der Waals surface area contributed by atoms with Gasteiger partial charge in [0.25, 0.3) is 0 Å². The van der Waals surface area contributed by atoms with Crippen molar-refractivity contribution in [1.82, 2.24) is 0 Å². The minimum atomic E-state index is -0.359. The Labute approximate surface area is 131 Å². The molecule has 0 aromatic heterocycles. The van der Waals surface area contributed by atoms with Gasteiger partial charge in [0.05, 0.1) is 24.5 Å². The fourth-order valence-electron chi connectivity index (χ4n) is 1.63. The summed E-state index contributed by atoms with van der Waals surface area (Å²) in [5.74, 6) is 0.895. The maximum Gasteiger partial charge on any atom is 0.338 e. The molecule has 7 heteroatoms. The Morgan fingerprint density at radius 3 is 2.76 bits per heavy atom. The van der Waals surface area contributed by atoms with Gasteiger partial charge in [0.2, 0.25) is 5.91 Å². The maximum absolute atomic E-state index is 11.8. The van der Waals surface area contributed by atoms with Gasteiger partial charge in [-0.05, 0) is 31.2 Å². The first-order valence-corrected chi connectivity index (χ1v) is 8.53. The Hall–Kier alpha value is -1.47. The zero-order chi connectivity index (χ0) is 15.1. The second-order valence-corrected chi connectivity index (χ2v) is 6.44. The number of rotatable bonds is 5. The van der Waals surface area contributed by atoms with Gasteiger partial charge < -0.3 is 10.1 Å². The molecule has 0 saturated carbocycles. The number of benzene rings is 1. The van der Waals surface area contributed by atoms with Crippen LogP contribution in [0.4, 0.5) is 5.69 Å². The first kappa shape index (κ1) is 15.9. The van der Waals surface area contributed by atoms with E-state index in [-0.39, 0.29) is 11.9 Å². The number of aliphatic imine (C=N–C) groups is 1. The van der Waals surface area contributed by atoms with Crippen molar-refractivity contribution in [3.05, 3.63) is 29.8 Å². The molecule has 0 spiro atoms. The van der Waals surface area contributed by atoms with E-state index in [0.717, 1.165) is 16.7 Å². The van der Waals surface area contributed by atoms with Crippen LogP contribution in [0.5, 0.6) is 0 Å². The highest BCUT2D eigenvalue weighted by Gasteiger charge is 2.11. The Kier molecular flexibility index (Phi) is 6.13. The van der Waals surface area contributed by atoms with E-state index < -0.39 is 0 Å². The summed E-state index contributed by atoms with van der Waals surface area (Å²) in [7, 11) is 0. The molecule has 5 nitrogen and oxygen atoms in total. The second kappa shape index (κ2) is 8.09. The smallest absolute Gasteiger partial charge is 0.338 e. The number of carbonyl (C=O) groups is 2. The summed E-state index contributed by atoms with van der Waals surface area (Å²) in [5.41, 5.74) is 1.13. The van der Waals surface area contributed by atoms with Gasteiger partial charge in [-0.2, -0.15) is 0 Å². The number of thioether (sulfide) groups is 2. The summed E-state index contributed by atoms with van der Waals surface area (Å²) in [6, 6.07) is 6.66. The molecule has 1 aromatic carbocycles. The average molecular weight is 324 g/mol. The van der Waals surface area contributed by atoms with Crippen molar-refractivity contribution >= 4 is 45.5 Å². The fraction of sp³-hybridized carbons (Fsp3) is 0.357. The van der Waals surface area contributed by atoms with Crippen LogP contribution in [0.15, 0.2) is 29.3 Å². The molecule has 21 heavy (non-hydrogen) atoms. The summed E-state index contributed by atoms with van der Waals surface area (Å²) in [6.07, 6.45) is 0. The molecule has 1 aliphatic rings. The van der Waals surface area contributed by atoms with E-state index in [0.29, 0.717) is 23.6 Å². The molecular weight excluding hydrogens is 308 g/mol. The number of nitrogens with zero attached hydrogens (tertiary/aromatic N) is 1. The van der Waals surface area contributed by atoms with Crippen LogP contribution in [-0.2, 0) is 9.53 Å². The lowest BCUT2D eigenvalue weighted by Gasteiger charge is -2.06. The van der Waals surface area contributed by atoms with E-state index in [1.165, 1.54) is 11.8 Å². The number of esters is 1. The van der Waals surface area contributed by atoms with E-state index in [4.69, 9.17) is 4.74 Å². The normalized spacial score (nSPS) is 13.7. The van der Waals surface area contributed by atoms with Crippen LogP contribution in [0, 0.1) is 0 Å². The number of carbonyl (C=O) groups excluding carboxylic acids is 2. The first-order chi connectivity index (χ1) is 10.2. The predicted octanol–water partition coefficient (Wildman–Crippen LogP) is 2.64. The Morgan fingerprint density at radius 2 is 2.14 bits per heavy atom. The lowest BCUT2D eigenvalue weighted by molar-refractivity contribution is -0.113. The number of ether oxygens (including phenoxy) is 1. The summed E-state index contributed by atoms with van der Waals surface area (Å²) in [6.45, 7) is 2.94. The van der Waals surface area contributed by atoms with Gasteiger partial charge >= 0.3 is 5.97 Å². The molecule has 112 valence electrons. The van der Waals surface area contributed by atoms with Crippen LogP contribution >= 0.6 is 23.5 Å². The molecule has 1 N–H and O–H groups in total. The van der Waals surface area contributed by atoms with Gasteiger partial charge in [0.1, 0.15) is 4.38 Å². The summed E-state index contributed by atoms with van der Waals surface area (Å²) in [5, 5.41) is 2.79. The number of anilines is 1. The lowest BCUT2D eigenvalue weighted by Crippen LogP contribution is -2.15. The van der Waals surface area contributed by atoms with Crippen molar-refractivity contribution in [3.63, 3.8) is 0 Å². The van der Waals surface area contributed by atoms with Gasteiger partial charge in [0.15, 0.2) is 0 Å². The van der Waals surface area contributed by atoms with Crippen LogP contribution in [-0.4, -0.2) is 40.9 Å². The van der Waals surface area contributed by atoms with E-state index in [1.54, 1.807) is 43.0 Å².